The second-order valence-electron chi connectivity index (χ2n) is 8.58. The molecule has 8 heteroatoms. The van der Waals surface area contributed by atoms with Gasteiger partial charge in [0, 0.05) is 18.2 Å². The van der Waals surface area contributed by atoms with Gasteiger partial charge in [0.1, 0.15) is 0 Å². The van der Waals surface area contributed by atoms with Crippen LogP contribution in [0.25, 0.3) is 5.69 Å². The summed E-state index contributed by atoms with van der Waals surface area (Å²) in [4.78, 5) is 36.4. The number of rotatable bonds is 8. The lowest BCUT2D eigenvalue weighted by Crippen LogP contribution is -2.42. The van der Waals surface area contributed by atoms with E-state index in [9.17, 15) is 14.4 Å². The van der Waals surface area contributed by atoms with Crippen molar-refractivity contribution in [3.8, 4) is 5.69 Å². The van der Waals surface area contributed by atoms with Gasteiger partial charge in [0.25, 0.3) is 5.91 Å². The number of ether oxygens (including phenoxy) is 2. The third kappa shape index (κ3) is 6.21. The van der Waals surface area contributed by atoms with Crippen LogP contribution in [0.5, 0.6) is 0 Å². The summed E-state index contributed by atoms with van der Waals surface area (Å²) in [5, 5.41) is 7.57. The van der Waals surface area contributed by atoms with Crippen molar-refractivity contribution in [1.82, 2.24) is 15.1 Å². The summed E-state index contributed by atoms with van der Waals surface area (Å²) < 4.78 is 11.9. The van der Waals surface area contributed by atoms with Gasteiger partial charge in [-0.25, -0.2) is 9.48 Å². The van der Waals surface area contributed by atoms with Crippen LogP contribution in [0.15, 0.2) is 24.3 Å². The van der Waals surface area contributed by atoms with Crippen LogP contribution in [0.3, 0.4) is 0 Å². The number of benzene rings is 1. The highest BCUT2D eigenvalue weighted by Crippen LogP contribution is 2.21. The molecule has 3 rings (SSSR count). The number of aromatic nitrogens is 2. The van der Waals surface area contributed by atoms with Crippen molar-refractivity contribution in [1.29, 1.82) is 0 Å². The topological polar surface area (TPSA) is 99.5 Å². The van der Waals surface area contributed by atoms with Gasteiger partial charge in [-0.3, -0.25) is 9.59 Å². The lowest BCUT2D eigenvalue weighted by molar-refractivity contribution is -0.140. The monoisotopic (exact) mass is 455 g/mol. The molecule has 33 heavy (non-hydrogen) atoms. The molecule has 1 N–H and O–H groups in total. The smallest absolute Gasteiger partial charge is 0.338 e. The number of nitrogens with one attached hydrogen (secondary N) is 1. The molecule has 0 radical (unpaired) electrons. The molecule has 1 aromatic heterocycles. The zero-order valence-electron chi connectivity index (χ0n) is 19.8. The van der Waals surface area contributed by atoms with Crippen LogP contribution in [-0.4, -0.2) is 46.9 Å². The molecule has 8 nitrogen and oxygen atoms in total. The number of carbonyl (C=O) groups is 3. The molecule has 0 spiro atoms. The van der Waals surface area contributed by atoms with Crippen LogP contribution < -0.4 is 5.32 Å². The van der Waals surface area contributed by atoms with Crippen molar-refractivity contribution in [2.75, 3.05) is 7.11 Å². The van der Waals surface area contributed by atoms with E-state index in [4.69, 9.17) is 9.47 Å². The van der Waals surface area contributed by atoms with Gasteiger partial charge < -0.3 is 14.8 Å². The summed E-state index contributed by atoms with van der Waals surface area (Å²) in [5.74, 6) is -1.06. The molecule has 178 valence electrons. The SMILES string of the molecule is COC(=O)CCc1c(C)nn(-c2ccc(C(=O)OC(C)C(=O)NC3CCCCC3)cc2)c1C. The average Bonchev–Trinajstić information content (AvgIpc) is 3.11. The van der Waals surface area contributed by atoms with Crippen molar-refractivity contribution in [3.05, 3.63) is 46.8 Å². The summed E-state index contributed by atoms with van der Waals surface area (Å²) >= 11 is 0. The number of methoxy groups -OCH3 is 1. The highest BCUT2D eigenvalue weighted by Gasteiger charge is 2.23. The zero-order valence-corrected chi connectivity index (χ0v) is 19.8. The van der Waals surface area contributed by atoms with E-state index in [0.717, 1.165) is 48.3 Å². The number of hydrogen-bond donors (Lipinski definition) is 1. The molecule has 1 saturated carbocycles. The van der Waals surface area contributed by atoms with Crippen molar-refractivity contribution in [2.45, 2.75) is 77.9 Å². The fourth-order valence-corrected chi connectivity index (χ4v) is 4.20. The van der Waals surface area contributed by atoms with E-state index in [1.54, 1.807) is 35.9 Å². The average molecular weight is 456 g/mol. The summed E-state index contributed by atoms with van der Waals surface area (Å²) in [6, 6.07) is 7.06. The Bertz CT molecular complexity index is 990. The van der Waals surface area contributed by atoms with Gasteiger partial charge >= 0.3 is 11.9 Å². The Hall–Kier alpha value is -3.16. The Kier molecular flexibility index (Phi) is 8.25. The number of aryl methyl sites for hydroxylation is 1. The Morgan fingerprint density at radius 1 is 1.12 bits per heavy atom. The van der Waals surface area contributed by atoms with Gasteiger partial charge in [-0.05, 0) is 69.9 Å². The molecular formula is C25H33N3O5. The summed E-state index contributed by atoms with van der Waals surface area (Å²) in [5.41, 5.74) is 3.93. The van der Waals surface area contributed by atoms with E-state index in [0.29, 0.717) is 18.4 Å². The quantitative estimate of drug-likeness (QED) is 0.611. The first-order valence-electron chi connectivity index (χ1n) is 11.5. The van der Waals surface area contributed by atoms with Crippen LogP contribution in [0.1, 0.15) is 72.8 Å². The highest BCUT2D eigenvalue weighted by molar-refractivity contribution is 5.92. The Morgan fingerprint density at radius 2 is 1.79 bits per heavy atom. The standard InChI is InChI=1S/C25H33N3O5/c1-16-22(14-15-23(29)32-4)17(2)28(27-16)21-12-10-19(11-13-21)25(31)33-18(3)24(30)26-20-8-6-5-7-9-20/h10-13,18,20H,5-9,14-15H2,1-4H3,(H,26,30). The molecule has 0 bridgehead atoms. The van der Waals surface area contributed by atoms with Crippen LogP contribution in [0.4, 0.5) is 0 Å². The molecule has 0 aliphatic heterocycles. The summed E-state index contributed by atoms with van der Waals surface area (Å²) in [7, 11) is 1.38. The van der Waals surface area contributed by atoms with E-state index < -0.39 is 12.1 Å². The molecule has 0 saturated heterocycles. The van der Waals surface area contributed by atoms with Crippen molar-refractivity contribution >= 4 is 17.8 Å². The molecule has 1 amide bonds. The van der Waals surface area contributed by atoms with E-state index >= 15 is 0 Å². The van der Waals surface area contributed by atoms with Gasteiger partial charge in [0.2, 0.25) is 0 Å². The lowest BCUT2D eigenvalue weighted by Gasteiger charge is -2.24. The van der Waals surface area contributed by atoms with E-state index in [1.165, 1.54) is 13.5 Å². The van der Waals surface area contributed by atoms with Gasteiger partial charge in [-0.15, -0.1) is 0 Å². The predicted molar refractivity (Wildman–Crippen MR) is 123 cm³/mol. The third-order valence-corrected chi connectivity index (χ3v) is 6.20. The van der Waals surface area contributed by atoms with Crippen LogP contribution >= 0.6 is 0 Å². The largest absolute Gasteiger partial charge is 0.469 e. The highest BCUT2D eigenvalue weighted by atomic mass is 16.5. The van der Waals surface area contributed by atoms with Crippen molar-refractivity contribution < 1.29 is 23.9 Å². The maximum atomic E-state index is 12.5. The van der Waals surface area contributed by atoms with Gasteiger partial charge in [-0.1, -0.05) is 19.3 Å². The maximum Gasteiger partial charge on any atom is 0.338 e. The first-order valence-corrected chi connectivity index (χ1v) is 11.5. The molecular weight excluding hydrogens is 422 g/mol. The molecule has 1 aliphatic carbocycles. The number of carbonyl (C=O) groups excluding carboxylic acids is 3. The van der Waals surface area contributed by atoms with Crippen LogP contribution in [-0.2, 0) is 25.5 Å². The maximum absolute atomic E-state index is 12.5. The van der Waals surface area contributed by atoms with Crippen molar-refractivity contribution in [3.63, 3.8) is 0 Å². The molecule has 1 fully saturated rings. The predicted octanol–water partition coefficient (Wildman–Crippen LogP) is 3.59. The van der Waals surface area contributed by atoms with Gasteiger partial charge in [0.15, 0.2) is 6.10 Å². The molecule has 1 atom stereocenters. The summed E-state index contributed by atoms with van der Waals surface area (Å²) in [6.07, 6.45) is 5.39. The lowest BCUT2D eigenvalue weighted by atomic mass is 9.95. The third-order valence-electron chi connectivity index (χ3n) is 6.20. The van der Waals surface area contributed by atoms with Gasteiger partial charge in [0.05, 0.1) is 24.1 Å². The van der Waals surface area contributed by atoms with E-state index in [1.807, 2.05) is 13.8 Å². The minimum atomic E-state index is -0.854. The molecule has 1 unspecified atom stereocenters. The second-order valence-corrected chi connectivity index (χ2v) is 8.58. The summed E-state index contributed by atoms with van der Waals surface area (Å²) in [6.45, 7) is 5.44. The Balaban J connectivity index is 1.62. The number of nitrogens with zero attached hydrogens (tertiary/aromatic N) is 2. The Labute approximate surface area is 194 Å². The van der Waals surface area contributed by atoms with Gasteiger partial charge in [-0.2, -0.15) is 5.10 Å². The number of hydrogen-bond acceptors (Lipinski definition) is 6. The first kappa shape index (κ1) is 24.5. The van der Waals surface area contributed by atoms with E-state index in [-0.39, 0.29) is 17.9 Å². The first-order chi connectivity index (χ1) is 15.8. The molecule has 2 aromatic rings. The molecule has 1 aliphatic rings. The molecule has 1 aromatic carbocycles. The van der Waals surface area contributed by atoms with Crippen LogP contribution in [0.2, 0.25) is 0 Å². The fourth-order valence-electron chi connectivity index (χ4n) is 4.20. The number of esters is 2. The normalized spacial score (nSPS) is 15.0. The van der Waals surface area contributed by atoms with Crippen LogP contribution in [0, 0.1) is 13.8 Å². The van der Waals surface area contributed by atoms with E-state index in [2.05, 4.69) is 10.4 Å². The fraction of sp³-hybridized carbons (Fsp3) is 0.520. The zero-order chi connectivity index (χ0) is 24.0. The second kappa shape index (κ2) is 11.1. The minimum absolute atomic E-state index is 0.171. The minimum Gasteiger partial charge on any atom is -0.469 e. The number of amides is 1. The Morgan fingerprint density at radius 3 is 2.42 bits per heavy atom. The van der Waals surface area contributed by atoms with Crippen molar-refractivity contribution in [2.24, 2.45) is 0 Å². The molecule has 1 heterocycles.